The van der Waals surface area contributed by atoms with Crippen LogP contribution < -0.4 is 4.74 Å². The monoisotopic (exact) mass is 379 g/mol. The highest BCUT2D eigenvalue weighted by Gasteiger charge is 2.20. The van der Waals surface area contributed by atoms with Gasteiger partial charge in [0.05, 0.1) is 0 Å². The van der Waals surface area contributed by atoms with Gasteiger partial charge in [0.1, 0.15) is 12.4 Å². The first-order valence-corrected chi connectivity index (χ1v) is 9.43. The van der Waals surface area contributed by atoms with Crippen molar-refractivity contribution in [2.24, 2.45) is 5.92 Å². The lowest BCUT2D eigenvalue weighted by Crippen LogP contribution is -2.37. The molecule has 2 rings (SSSR count). The number of benzene rings is 1. The first kappa shape index (κ1) is 23.0. The van der Waals surface area contributed by atoms with Gasteiger partial charge < -0.3 is 14.9 Å². The summed E-state index contributed by atoms with van der Waals surface area (Å²) in [5.41, 5.74) is 2.70. The fourth-order valence-corrected chi connectivity index (χ4v) is 3.14. The van der Waals surface area contributed by atoms with Crippen LogP contribution in [0.2, 0.25) is 0 Å². The molecule has 1 unspecified atom stereocenters. The number of carboxylic acid groups (broad SMARTS) is 2. The molecule has 1 fully saturated rings. The van der Waals surface area contributed by atoms with Crippen molar-refractivity contribution >= 4 is 11.9 Å². The van der Waals surface area contributed by atoms with Crippen LogP contribution in [0.25, 0.3) is 0 Å². The zero-order valence-corrected chi connectivity index (χ0v) is 17.1. The van der Waals surface area contributed by atoms with Crippen molar-refractivity contribution in [2.75, 3.05) is 26.2 Å². The largest absolute Gasteiger partial charge is 0.492 e. The fraction of sp³-hybridized carbons (Fsp3) is 0.619. The van der Waals surface area contributed by atoms with Gasteiger partial charge in [-0.15, -0.1) is 0 Å². The zero-order valence-electron chi connectivity index (χ0n) is 17.1. The lowest BCUT2D eigenvalue weighted by Gasteiger charge is -2.31. The van der Waals surface area contributed by atoms with Crippen molar-refractivity contribution in [3.05, 3.63) is 29.3 Å². The average Bonchev–Trinajstić information content (AvgIpc) is 2.54. The summed E-state index contributed by atoms with van der Waals surface area (Å²) in [6, 6.07) is 6.58. The Morgan fingerprint density at radius 3 is 2.37 bits per heavy atom. The highest BCUT2D eigenvalue weighted by molar-refractivity contribution is 6.27. The summed E-state index contributed by atoms with van der Waals surface area (Å²) in [7, 11) is 0. The number of nitrogens with zero attached hydrogens (tertiary/aromatic N) is 1. The molecule has 6 heteroatoms. The van der Waals surface area contributed by atoms with Gasteiger partial charge in [0, 0.05) is 13.1 Å². The molecule has 0 saturated carbocycles. The third-order valence-electron chi connectivity index (χ3n) is 4.53. The number of aryl methyl sites for hydroxylation is 1. The highest BCUT2D eigenvalue weighted by atomic mass is 16.5. The third kappa shape index (κ3) is 8.43. The minimum absolute atomic E-state index is 0.128. The summed E-state index contributed by atoms with van der Waals surface area (Å²) in [5.74, 6) is -1.75. The maximum atomic E-state index is 9.10. The van der Waals surface area contributed by atoms with Gasteiger partial charge in [-0.2, -0.15) is 0 Å². The van der Waals surface area contributed by atoms with Crippen LogP contribution in [0.3, 0.4) is 0 Å². The molecule has 0 radical (unpaired) electrons. The first-order valence-electron chi connectivity index (χ1n) is 9.43. The van der Waals surface area contributed by atoms with Crippen molar-refractivity contribution in [3.8, 4) is 5.75 Å². The van der Waals surface area contributed by atoms with Gasteiger partial charge >= 0.3 is 11.9 Å². The number of rotatable bonds is 4. The van der Waals surface area contributed by atoms with Crippen LogP contribution in [0.4, 0.5) is 0 Å². The molecule has 1 aliphatic heterocycles. The summed E-state index contributed by atoms with van der Waals surface area (Å²) >= 11 is 0. The van der Waals surface area contributed by atoms with Crippen LogP contribution in [0.1, 0.15) is 51.7 Å². The molecule has 152 valence electrons. The SMILES string of the molecule is Cc1ccc(C(C)(C)C)c(OCCN2CCCC(C)C2)c1.O=C(O)C(=O)O. The minimum atomic E-state index is -1.82. The molecular weight excluding hydrogens is 346 g/mol. The van der Waals surface area contributed by atoms with Crippen LogP contribution in [0, 0.1) is 12.8 Å². The van der Waals surface area contributed by atoms with E-state index in [0.717, 1.165) is 24.8 Å². The number of hydrogen-bond donors (Lipinski definition) is 2. The average molecular weight is 379 g/mol. The molecule has 1 heterocycles. The molecular formula is C21H33NO5. The molecule has 1 aliphatic rings. The van der Waals surface area contributed by atoms with Gasteiger partial charge in [0.25, 0.3) is 0 Å². The van der Waals surface area contributed by atoms with Gasteiger partial charge in [0.2, 0.25) is 0 Å². The van der Waals surface area contributed by atoms with Crippen molar-refractivity contribution in [1.29, 1.82) is 0 Å². The van der Waals surface area contributed by atoms with Crippen molar-refractivity contribution in [3.63, 3.8) is 0 Å². The van der Waals surface area contributed by atoms with Crippen molar-refractivity contribution in [1.82, 2.24) is 4.90 Å². The normalized spacial score (nSPS) is 17.6. The molecule has 27 heavy (non-hydrogen) atoms. The Labute approximate surface area is 162 Å². The number of carboxylic acids is 2. The maximum absolute atomic E-state index is 9.10. The molecule has 0 bridgehead atoms. The van der Waals surface area contributed by atoms with E-state index in [9.17, 15) is 0 Å². The van der Waals surface area contributed by atoms with E-state index < -0.39 is 11.9 Å². The lowest BCUT2D eigenvalue weighted by atomic mass is 9.86. The molecule has 1 atom stereocenters. The van der Waals surface area contributed by atoms with E-state index in [4.69, 9.17) is 24.5 Å². The predicted molar refractivity (Wildman–Crippen MR) is 105 cm³/mol. The van der Waals surface area contributed by atoms with Crippen LogP contribution in [0.5, 0.6) is 5.75 Å². The molecule has 0 aliphatic carbocycles. The molecule has 2 N–H and O–H groups in total. The summed E-state index contributed by atoms with van der Waals surface area (Å²) in [4.78, 5) is 20.7. The van der Waals surface area contributed by atoms with E-state index >= 15 is 0 Å². The standard InChI is InChI=1S/C19H31NO.C2H2O4/c1-15-8-9-17(19(3,4)5)18(13-15)21-12-11-20-10-6-7-16(2)14-20;3-1(4)2(5)6/h8-9,13,16H,6-7,10-12,14H2,1-5H3;(H,3,4)(H,5,6). The van der Waals surface area contributed by atoms with E-state index in [1.54, 1.807) is 0 Å². The van der Waals surface area contributed by atoms with Crippen LogP contribution in [0.15, 0.2) is 18.2 Å². The van der Waals surface area contributed by atoms with Crippen LogP contribution in [-0.2, 0) is 15.0 Å². The summed E-state index contributed by atoms with van der Waals surface area (Å²) in [5, 5.41) is 14.8. The van der Waals surface area contributed by atoms with Gasteiger partial charge in [-0.1, -0.05) is 39.8 Å². The molecule has 0 spiro atoms. The van der Waals surface area contributed by atoms with Crippen LogP contribution in [-0.4, -0.2) is 53.3 Å². The molecule has 6 nitrogen and oxygen atoms in total. The minimum Gasteiger partial charge on any atom is -0.492 e. The Bertz CT molecular complexity index is 624. The number of hydrogen-bond acceptors (Lipinski definition) is 4. The van der Waals surface area contributed by atoms with E-state index in [1.807, 2.05) is 0 Å². The van der Waals surface area contributed by atoms with E-state index in [1.165, 1.54) is 37.1 Å². The number of ether oxygens (including phenoxy) is 1. The van der Waals surface area contributed by atoms with Gasteiger partial charge in [-0.05, 0) is 54.8 Å². The summed E-state index contributed by atoms with van der Waals surface area (Å²) < 4.78 is 6.14. The number of carbonyl (C=O) groups is 2. The van der Waals surface area contributed by atoms with Crippen molar-refractivity contribution < 1.29 is 24.5 Å². The number of likely N-dealkylation sites (tertiary alicyclic amines) is 1. The molecule has 0 amide bonds. The number of piperidine rings is 1. The zero-order chi connectivity index (χ0) is 20.6. The Morgan fingerprint density at radius 2 is 1.85 bits per heavy atom. The second-order valence-electron chi connectivity index (χ2n) is 8.26. The highest BCUT2D eigenvalue weighted by Crippen LogP contribution is 2.32. The Balaban J connectivity index is 0.000000527. The van der Waals surface area contributed by atoms with E-state index in [-0.39, 0.29) is 5.41 Å². The fourth-order valence-electron chi connectivity index (χ4n) is 3.14. The smallest absolute Gasteiger partial charge is 0.414 e. The third-order valence-corrected chi connectivity index (χ3v) is 4.53. The molecule has 1 aromatic rings. The van der Waals surface area contributed by atoms with Gasteiger partial charge in [0.15, 0.2) is 0 Å². The van der Waals surface area contributed by atoms with Crippen LogP contribution >= 0.6 is 0 Å². The molecule has 1 aromatic carbocycles. The first-order chi connectivity index (χ1) is 12.5. The summed E-state index contributed by atoms with van der Waals surface area (Å²) in [6.07, 6.45) is 2.71. The molecule has 1 saturated heterocycles. The second-order valence-corrected chi connectivity index (χ2v) is 8.26. The van der Waals surface area contributed by atoms with Crippen molar-refractivity contribution in [2.45, 2.75) is 52.9 Å². The Hall–Kier alpha value is -2.08. The lowest BCUT2D eigenvalue weighted by molar-refractivity contribution is -0.159. The molecule has 0 aromatic heterocycles. The number of aliphatic carboxylic acids is 2. The maximum Gasteiger partial charge on any atom is 0.414 e. The quantitative estimate of drug-likeness (QED) is 0.778. The topological polar surface area (TPSA) is 87.1 Å². The van der Waals surface area contributed by atoms with Gasteiger partial charge in [-0.3, -0.25) is 4.90 Å². The second kappa shape index (κ2) is 10.3. The Morgan fingerprint density at radius 1 is 1.22 bits per heavy atom. The van der Waals surface area contributed by atoms with E-state index in [2.05, 4.69) is 57.7 Å². The summed E-state index contributed by atoms with van der Waals surface area (Å²) in [6.45, 7) is 15.5. The Kier molecular flexibility index (Phi) is 8.76. The van der Waals surface area contributed by atoms with E-state index in [0.29, 0.717) is 0 Å². The predicted octanol–water partition coefficient (Wildman–Crippen LogP) is 3.56. The van der Waals surface area contributed by atoms with Gasteiger partial charge in [-0.25, -0.2) is 9.59 Å².